The van der Waals surface area contributed by atoms with Gasteiger partial charge in [0.25, 0.3) is 0 Å². The molecule has 0 aromatic carbocycles. The minimum absolute atomic E-state index is 0.265. The van der Waals surface area contributed by atoms with Crippen molar-refractivity contribution < 1.29 is 24.2 Å². The van der Waals surface area contributed by atoms with Gasteiger partial charge in [0.05, 0.1) is 0 Å². The number of rotatable bonds is 8. The van der Waals surface area contributed by atoms with Crippen molar-refractivity contribution in [1.82, 2.24) is 10.6 Å². The molecule has 0 aliphatic rings. The van der Waals surface area contributed by atoms with E-state index in [0.29, 0.717) is 12.2 Å². The monoisotopic (exact) mass is 348 g/mol. The second-order valence-electron chi connectivity index (χ2n) is 6.55. The molecule has 0 heterocycles. The number of ether oxygens (including phenoxy) is 1. The van der Waals surface area contributed by atoms with Crippen LogP contribution in [0.2, 0.25) is 0 Å². The predicted octanol–water partition coefficient (Wildman–Crippen LogP) is 1.86. The molecular formula is C15H28N2O5S. The number of hydrogen-bond acceptors (Lipinski definition) is 5. The van der Waals surface area contributed by atoms with E-state index in [4.69, 9.17) is 9.84 Å². The van der Waals surface area contributed by atoms with Crippen LogP contribution in [0.1, 0.15) is 41.0 Å². The number of thioether (sulfide) groups is 1. The summed E-state index contributed by atoms with van der Waals surface area (Å²) >= 11 is 1.53. The van der Waals surface area contributed by atoms with Crippen molar-refractivity contribution in [2.75, 3.05) is 12.0 Å². The Kier molecular flexibility index (Phi) is 9.04. The van der Waals surface area contributed by atoms with E-state index in [1.807, 2.05) is 6.26 Å². The molecule has 2 amide bonds. The second-order valence-corrected chi connectivity index (χ2v) is 7.53. The fourth-order valence-electron chi connectivity index (χ4n) is 1.72. The van der Waals surface area contributed by atoms with Crippen molar-refractivity contribution >= 4 is 29.7 Å². The van der Waals surface area contributed by atoms with Crippen molar-refractivity contribution in [3.63, 3.8) is 0 Å². The van der Waals surface area contributed by atoms with Crippen LogP contribution in [0.25, 0.3) is 0 Å². The Morgan fingerprint density at radius 3 is 2.13 bits per heavy atom. The predicted molar refractivity (Wildman–Crippen MR) is 90.6 cm³/mol. The lowest BCUT2D eigenvalue weighted by Gasteiger charge is -2.25. The van der Waals surface area contributed by atoms with Crippen LogP contribution in [0, 0.1) is 5.92 Å². The first-order valence-corrected chi connectivity index (χ1v) is 8.89. The standard InChI is InChI=1S/C15H28N2O5S/c1-9(2)11(13(19)20)17-12(18)10(7-8-23-6)16-14(21)22-15(3,4)5/h9-11H,7-8H2,1-6H3,(H,16,21)(H,17,18)(H,19,20)/t10-,11-/m0/s1. The first kappa shape index (κ1) is 21.6. The van der Waals surface area contributed by atoms with Gasteiger partial charge >= 0.3 is 12.1 Å². The Hall–Kier alpha value is -1.44. The van der Waals surface area contributed by atoms with Crippen LogP contribution in [-0.2, 0) is 14.3 Å². The quantitative estimate of drug-likeness (QED) is 0.618. The molecule has 0 aliphatic heterocycles. The van der Waals surface area contributed by atoms with Crippen molar-refractivity contribution in [1.29, 1.82) is 0 Å². The maximum Gasteiger partial charge on any atom is 0.408 e. The number of aliphatic carboxylic acids is 1. The largest absolute Gasteiger partial charge is 0.480 e. The van der Waals surface area contributed by atoms with Gasteiger partial charge in [-0.15, -0.1) is 0 Å². The van der Waals surface area contributed by atoms with E-state index in [9.17, 15) is 14.4 Å². The van der Waals surface area contributed by atoms with Crippen LogP contribution >= 0.6 is 11.8 Å². The molecule has 0 spiro atoms. The van der Waals surface area contributed by atoms with Gasteiger partial charge in [0.1, 0.15) is 17.7 Å². The summed E-state index contributed by atoms with van der Waals surface area (Å²) in [6.07, 6.45) is 1.57. The zero-order valence-corrected chi connectivity index (χ0v) is 15.5. The molecule has 134 valence electrons. The Labute approximate surface area is 141 Å². The summed E-state index contributed by atoms with van der Waals surface area (Å²) in [4.78, 5) is 35.4. The fraction of sp³-hybridized carbons (Fsp3) is 0.800. The maximum absolute atomic E-state index is 12.3. The Morgan fingerprint density at radius 1 is 1.17 bits per heavy atom. The molecule has 0 rings (SSSR count). The molecule has 0 radical (unpaired) electrons. The molecular weight excluding hydrogens is 320 g/mol. The van der Waals surface area contributed by atoms with Gasteiger partial charge in [-0.2, -0.15) is 11.8 Å². The van der Waals surface area contributed by atoms with Crippen molar-refractivity contribution in [2.24, 2.45) is 5.92 Å². The third-order valence-electron chi connectivity index (χ3n) is 2.85. The van der Waals surface area contributed by atoms with E-state index >= 15 is 0 Å². The van der Waals surface area contributed by atoms with Crippen LogP contribution in [0.3, 0.4) is 0 Å². The fourth-order valence-corrected chi connectivity index (χ4v) is 2.19. The third-order valence-corrected chi connectivity index (χ3v) is 3.49. The van der Waals surface area contributed by atoms with Crippen LogP contribution in [-0.4, -0.2) is 52.8 Å². The van der Waals surface area contributed by atoms with E-state index in [1.165, 1.54) is 11.8 Å². The normalized spacial score (nSPS) is 14.0. The zero-order chi connectivity index (χ0) is 18.2. The molecule has 23 heavy (non-hydrogen) atoms. The van der Waals surface area contributed by atoms with Crippen LogP contribution in [0.15, 0.2) is 0 Å². The summed E-state index contributed by atoms with van der Waals surface area (Å²) in [6.45, 7) is 8.59. The zero-order valence-electron chi connectivity index (χ0n) is 14.6. The Bertz CT molecular complexity index is 421. The van der Waals surface area contributed by atoms with Gasteiger partial charge in [-0.1, -0.05) is 13.8 Å². The Morgan fingerprint density at radius 2 is 1.74 bits per heavy atom. The number of carboxylic acids is 1. The van der Waals surface area contributed by atoms with E-state index in [-0.39, 0.29) is 5.92 Å². The lowest BCUT2D eigenvalue weighted by Crippen LogP contribution is -2.53. The molecule has 0 unspecified atom stereocenters. The summed E-state index contributed by atoms with van der Waals surface area (Å²) in [7, 11) is 0. The molecule has 2 atom stereocenters. The van der Waals surface area contributed by atoms with Gasteiger partial charge in [0.15, 0.2) is 0 Å². The van der Waals surface area contributed by atoms with Gasteiger partial charge in [-0.3, -0.25) is 4.79 Å². The van der Waals surface area contributed by atoms with E-state index in [2.05, 4.69) is 10.6 Å². The van der Waals surface area contributed by atoms with Gasteiger partial charge < -0.3 is 20.5 Å². The average molecular weight is 348 g/mol. The molecule has 0 fully saturated rings. The van der Waals surface area contributed by atoms with Crippen LogP contribution < -0.4 is 10.6 Å². The van der Waals surface area contributed by atoms with Crippen LogP contribution in [0.5, 0.6) is 0 Å². The molecule has 0 aromatic rings. The summed E-state index contributed by atoms with van der Waals surface area (Å²) in [5.74, 6) is -1.24. The van der Waals surface area contributed by atoms with E-state index < -0.39 is 35.7 Å². The highest BCUT2D eigenvalue weighted by molar-refractivity contribution is 7.98. The average Bonchev–Trinajstić information content (AvgIpc) is 2.37. The number of carbonyl (C=O) groups excluding carboxylic acids is 2. The summed E-state index contributed by atoms with van der Waals surface area (Å²) in [5.41, 5.74) is -0.674. The number of hydrogen-bond donors (Lipinski definition) is 3. The highest BCUT2D eigenvalue weighted by Gasteiger charge is 2.29. The summed E-state index contributed by atoms with van der Waals surface area (Å²) < 4.78 is 5.15. The molecule has 3 N–H and O–H groups in total. The SMILES string of the molecule is CSCC[C@H](NC(=O)OC(C)(C)C)C(=O)N[C@H](C(=O)O)C(C)C. The molecule has 8 heteroatoms. The molecule has 0 saturated carbocycles. The maximum atomic E-state index is 12.3. The lowest BCUT2D eigenvalue weighted by molar-refractivity contribution is -0.143. The third kappa shape index (κ3) is 9.32. The van der Waals surface area contributed by atoms with Crippen molar-refractivity contribution in [3.8, 4) is 0 Å². The lowest BCUT2D eigenvalue weighted by atomic mass is 10.0. The highest BCUT2D eigenvalue weighted by Crippen LogP contribution is 2.09. The van der Waals surface area contributed by atoms with Crippen molar-refractivity contribution in [3.05, 3.63) is 0 Å². The van der Waals surface area contributed by atoms with Crippen LogP contribution in [0.4, 0.5) is 4.79 Å². The number of alkyl carbamates (subject to hydrolysis) is 1. The molecule has 0 aromatic heterocycles. The molecule has 7 nitrogen and oxygen atoms in total. The minimum atomic E-state index is -1.10. The van der Waals surface area contributed by atoms with Gasteiger partial charge in [0, 0.05) is 0 Å². The van der Waals surface area contributed by atoms with Crippen molar-refractivity contribution in [2.45, 2.75) is 58.7 Å². The van der Waals surface area contributed by atoms with Gasteiger partial charge in [-0.05, 0) is 45.1 Å². The number of carboxylic acid groups (broad SMARTS) is 1. The minimum Gasteiger partial charge on any atom is -0.480 e. The highest BCUT2D eigenvalue weighted by atomic mass is 32.2. The molecule has 0 aliphatic carbocycles. The first-order valence-electron chi connectivity index (χ1n) is 7.49. The van der Waals surface area contributed by atoms with E-state index in [0.717, 1.165) is 0 Å². The molecule has 0 saturated heterocycles. The summed E-state index contributed by atoms with van der Waals surface area (Å²) in [5, 5.41) is 14.1. The van der Waals surface area contributed by atoms with Gasteiger partial charge in [0.2, 0.25) is 5.91 Å². The second kappa shape index (κ2) is 9.64. The number of nitrogens with one attached hydrogen (secondary N) is 2. The first-order chi connectivity index (χ1) is 10.5. The summed E-state index contributed by atoms with van der Waals surface area (Å²) in [6, 6.07) is -1.84. The topological polar surface area (TPSA) is 105 Å². The van der Waals surface area contributed by atoms with E-state index in [1.54, 1.807) is 34.6 Å². The Balaban J connectivity index is 4.90. The smallest absolute Gasteiger partial charge is 0.408 e. The number of amides is 2. The number of carbonyl (C=O) groups is 3. The van der Waals surface area contributed by atoms with Gasteiger partial charge in [-0.25, -0.2) is 9.59 Å². The molecule has 0 bridgehead atoms.